The lowest BCUT2D eigenvalue weighted by Gasteiger charge is -2.12. The van der Waals surface area contributed by atoms with E-state index in [0.717, 1.165) is 5.69 Å². The van der Waals surface area contributed by atoms with Gasteiger partial charge in [-0.15, -0.1) is 0 Å². The molecule has 0 spiro atoms. The minimum Gasteiger partial charge on any atom is -0.387 e. The van der Waals surface area contributed by atoms with E-state index >= 15 is 0 Å². The minimum atomic E-state index is -0.883. The summed E-state index contributed by atoms with van der Waals surface area (Å²) in [6.07, 6.45) is -0.883. The van der Waals surface area contributed by atoms with Crippen molar-refractivity contribution in [3.05, 3.63) is 52.6 Å². The molecule has 0 aliphatic carbocycles. The molecule has 1 aromatic heterocycles. The lowest BCUT2D eigenvalue weighted by atomic mass is 10.1. The molecule has 1 atom stereocenters. The maximum Gasteiger partial charge on any atom is 0.255 e. The molecule has 5 nitrogen and oxygen atoms in total. The van der Waals surface area contributed by atoms with Gasteiger partial charge in [0.05, 0.1) is 17.4 Å². The summed E-state index contributed by atoms with van der Waals surface area (Å²) in [5, 5.41) is 16.8. The number of amides is 1. The Balaban J connectivity index is 2.02. The molecule has 0 saturated heterocycles. The number of carbonyl (C=O) groups is 1. The summed E-state index contributed by atoms with van der Waals surface area (Å²) >= 11 is 0. The quantitative estimate of drug-likeness (QED) is 0.900. The van der Waals surface area contributed by atoms with E-state index in [-0.39, 0.29) is 18.3 Å². The topological polar surface area (TPSA) is 67.2 Å². The zero-order valence-corrected chi connectivity index (χ0v) is 12.2. The van der Waals surface area contributed by atoms with Gasteiger partial charge >= 0.3 is 0 Å². The molecular weight excluding hydrogens is 273 g/mol. The van der Waals surface area contributed by atoms with Gasteiger partial charge in [0.15, 0.2) is 0 Å². The standard InChI is InChI=1S/C15H18FN3O2/c1-9-14(10(2)19(3)18-9)15(21)17-8-13(20)11-4-6-12(16)7-5-11/h4-7,13,20H,8H2,1-3H3,(H,17,21). The number of aryl methyl sites for hydroxylation is 2. The van der Waals surface area contributed by atoms with Crippen LogP contribution in [0.4, 0.5) is 4.39 Å². The van der Waals surface area contributed by atoms with Crippen molar-refractivity contribution in [1.82, 2.24) is 15.1 Å². The SMILES string of the molecule is Cc1nn(C)c(C)c1C(=O)NCC(O)c1ccc(F)cc1. The summed E-state index contributed by atoms with van der Waals surface area (Å²) in [5.74, 6) is -0.643. The van der Waals surface area contributed by atoms with Crippen LogP contribution in [-0.4, -0.2) is 27.3 Å². The van der Waals surface area contributed by atoms with E-state index in [4.69, 9.17) is 0 Å². The molecule has 0 aliphatic rings. The minimum absolute atomic E-state index is 0.0538. The Bertz CT molecular complexity index is 650. The first-order valence-corrected chi connectivity index (χ1v) is 6.62. The Labute approximate surface area is 122 Å². The Morgan fingerprint density at radius 3 is 2.52 bits per heavy atom. The van der Waals surface area contributed by atoms with Gasteiger partial charge in [-0.05, 0) is 31.5 Å². The summed E-state index contributed by atoms with van der Waals surface area (Å²) in [6.45, 7) is 3.63. The van der Waals surface area contributed by atoms with Crippen molar-refractivity contribution in [3.8, 4) is 0 Å². The highest BCUT2D eigenvalue weighted by atomic mass is 19.1. The molecule has 2 aromatic rings. The largest absolute Gasteiger partial charge is 0.387 e. The van der Waals surface area contributed by atoms with Crippen LogP contribution in [-0.2, 0) is 7.05 Å². The first-order chi connectivity index (χ1) is 9.90. The first-order valence-electron chi connectivity index (χ1n) is 6.62. The molecule has 0 radical (unpaired) electrons. The van der Waals surface area contributed by atoms with E-state index < -0.39 is 6.10 Å². The molecule has 0 saturated carbocycles. The van der Waals surface area contributed by atoms with Crippen molar-refractivity contribution < 1.29 is 14.3 Å². The Morgan fingerprint density at radius 1 is 1.38 bits per heavy atom. The second kappa shape index (κ2) is 6.05. The maximum atomic E-state index is 12.8. The van der Waals surface area contributed by atoms with Crippen molar-refractivity contribution >= 4 is 5.91 Å². The maximum absolute atomic E-state index is 12.8. The monoisotopic (exact) mass is 291 g/mol. The molecule has 0 aliphatic heterocycles. The van der Waals surface area contributed by atoms with Gasteiger partial charge in [0.2, 0.25) is 0 Å². The van der Waals surface area contributed by atoms with E-state index in [9.17, 15) is 14.3 Å². The van der Waals surface area contributed by atoms with Crippen LogP contribution in [0, 0.1) is 19.7 Å². The first kappa shape index (κ1) is 15.2. The number of aliphatic hydroxyl groups is 1. The number of aliphatic hydroxyl groups excluding tert-OH is 1. The lowest BCUT2D eigenvalue weighted by molar-refractivity contribution is 0.0915. The summed E-state index contributed by atoms with van der Waals surface area (Å²) < 4.78 is 14.5. The van der Waals surface area contributed by atoms with Gasteiger partial charge in [0, 0.05) is 19.3 Å². The molecule has 1 unspecified atom stereocenters. The highest BCUT2D eigenvalue weighted by molar-refractivity contribution is 5.96. The number of nitrogens with one attached hydrogen (secondary N) is 1. The molecule has 1 aromatic carbocycles. The van der Waals surface area contributed by atoms with Gasteiger partial charge in [0.25, 0.3) is 5.91 Å². The Hall–Kier alpha value is -2.21. The molecule has 1 amide bonds. The summed E-state index contributed by atoms with van der Waals surface area (Å²) in [6, 6.07) is 5.53. The normalized spacial score (nSPS) is 12.2. The van der Waals surface area contributed by atoms with Crippen molar-refractivity contribution in [3.63, 3.8) is 0 Å². The van der Waals surface area contributed by atoms with E-state index in [1.165, 1.54) is 24.3 Å². The molecular formula is C15H18FN3O2. The van der Waals surface area contributed by atoms with E-state index in [1.54, 1.807) is 18.7 Å². The van der Waals surface area contributed by atoms with Crippen molar-refractivity contribution in [2.45, 2.75) is 20.0 Å². The molecule has 21 heavy (non-hydrogen) atoms. The predicted molar refractivity (Wildman–Crippen MR) is 76.4 cm³/mol. The summed E-state index contributed by atoms with van der Waals surface area (Å²) in [7, 11) is 1.77. The van der Waals surface area contributed by atoms with Crippen LogP contribution < -0.4 is 5.32 Å². The number of rotatable bonds is 4. The average molecular weight is 291 g/mol. The molecule has 0 fully saturated rings. The molecule has 2 N–H and O–H groups in total. The van der Waals surface area contributed by atoms with Crippen LogP contribution in [0.2, 0.25) is 0 Å². The number of nitrogens with zero attached hydrogens (tertiary/aromatic N) is 2. The van der Waals surface area contributed by atoms with Gasteiger partial charge in [-0.2, -0.15) is 5.10 Å². The number of hydrogen-bond acceptors (Lipinski definition) is 3. The smallest absolute Gasteiger partial charge is 0.255 e. The number of halogens is 1. The number of aromatic nitrogens is 2. The van der Waals surface area contributed by atoms with Gasteiger partial charge in [0.1, 0.15) is 5.82 Å². The van der Waals surface area contributed by atoms with Crippen molar-refractivity contribution in [2.24, 2.45) is 7.05 Å². The van der Waals surface area contributed by atoms with Gasteiger partial charge < -0.3 is 10.4 Å². The van der Waals surface area contributed by atoms with Crippen LogP contribution >= 0.6 is 0 Å². The average Bonchev–Trinajstić information content (AvgIpc) is 2.70. The van der Waals surface area contributed by atoms with Gasteiger partial charge in [-0.25, -0.2) is 4.39 Å². The number of benzene rings is 1. The van der Waals surface area contributed by atoms with E-state index in [0.29, 0.717) is 16.8 Å². The van der Waals surface area contributed by atoms with Gasteiger partial charge in [-0.3, -0.25) is 9.48 Å². The van der Waals surface area contributed by atoms with Crippen LogP contribution in [0.3, 0.4) is 0 Å². The van der Waals surface area contributed by atoms with Gasteiger partial charge in [-0.1, -0.05) is 12.1 Å². The predicted octanol–water partition coefficient (Wildman–Crippen LogP) is 1.64. The van der Waals surface area contributed by atoms with E-state index in [1.807, 2.05) is 6.92 Å². The highest BCUT2D eigenvalue weighted by Crippen LogP contribution is 2.14. The third kappa shape index (κ3) is 3.28. The second-order valence-corrected chi connectivity index (χ2v) is 4.95. The second-order valence-electron chi connectivity index (χ2n) is 4.95. The van der Waals surface area contributed by atoms with Crippen LogP contribution in [0.25, 0.3) is 0 Å². The molecule has 112 valence electrons. The summed E-state index contributed by atoms with van der Waals surface area (Å²) in [5.41, 5.74) is 2.48. The summed E-state index contributed by atoms with van der Waals surface area (Å²) in [4.78, 5) is 12.2. The molecule has 2 rings (SSSR count). The van der Waals surface area contributed by atoms with E-state index in [2.05, 4.69) is 10.4 Å². The lowest BCUT2D eigenvalue weighted by Crippen LogP contribution is -2.29. The molecule has 1 heterocycles. The fourth-order valence-electron chi connectivity index (χ4n) is 2.18. The third-order valence-corrected chi connectivity index (χ3v) is 3.45. The molecule has 0 bridgehead atoms. The van der Waals surface area contributed by atoms with Crippen molar-refractivity contribution in [1.29, 1.82) is 0 Å². The highest BCUT2D eigenvalue weighted by Gasteiger charge is 2.18. The zero-order chi connectivity index (χ0) is 15.6. The third-order valence-electron chi connectivity index (χ3n) is 3.45. The van der Waals surface area contributed by atoms with Crippen LogP contribution in [0.1, 0.15) is 33.4 Å². The number of hydrogen-bond donors (Lipinski definition) is 2. The Morgan fingerprint density at radius 2 is 2.00 bits per heavy atom. The molecule has 6 heteroatoms. The fraction of sp³-hybridized carbons (Fsp3) is 0.333. The van der Waals surface area contributed by atoms with Crippen LogP contribution in [0.5, 0.6) is 0 Å². The fourth-order valence-corrected chi connectivity index (χ4v) is 2.18. The Kier molecular flexibility index (Phi) is 4.37. The van der Waals surface area contributed by atoms with Crippen molar-refractivity contribution in [2.75, 3.05) is 6.54 Å². The van der Waals surface area contributed by atoms with Crippen LogP contribution in [0.15, 0.2) is 24.3 Å². The zero-order valence-electron chi connectivity index (χ0n) is 12.2. The number of carbonyl (C=O) groups excluding carboxylic acids is 1.